The van der Waals surface area contributed by atoms with E-state index in [2.05, 4.69) is 55.5 Å². The van der Waals surface area contributed by atoms with Gasteiger partial charge in [0.05, 0.1) is 37.2 Å². The highest BCUT2D eigenvalue weighted by atomic mass is 35.5. The van der Waals surface area contributed by atoms with E-state index < -0.39 is 5.97 Å². The van der Waals surface area contributed by atoms with E-state index in [1.165, 1.54) is 12.3 Å². The zero-order chi connectivity index (χ0) is 67.2. The molecule has 3 aromatic carbocycles. The molecular weight excluding hydrogens is 1280 g/mol. The molecule has 0 fully saturated rings. The molecule has 9 heterocycles. The summed E-state index contributed by atoms with van der Waals surface area (Å²) < 4.78 is 0. The van der Waals surface area contributed by atoms with Gasteiger partial charge in [-0.3, -0.25) is 39.5 Å². The minimum Gasteiger partial charge on any atom is -0.478 e. The van der Waals surface area contributed by atoms with Crippen LogP contribution < -0.4 is 33.6 Å². The first kappa shape index (κ1) is 70.6. The van der Waals surface area contributed by atoms with E-state index in [-0.39, 0.29) is 29.8 Å². The fourth-order valence-electron chi connectivity index (χ4n) is 10.6. The third kappa shape index (κ3) is 19.4. The van der Waals surface area contributed by atoms with Crippen LogP contribution in [0.25, 0.3) is 32.7 Å². The van der Waals surface area contributed by atoms with Crippen LogP contribution in [-0.2, 0) is 38.9 Å². The number of fused-ring (bicyclic) bond motifs is 3. The number of carboxylic acid groups (broad SMARTS) is 1. The van der Waals surface area contributed by atoms with Crippen molar-refractivity contribution < 1.29 is 19.5 Å². The summed E-state index contributed by atoms with van der Waals surface area (Å²) >= 11 is 18.1. The standard InChI is InChI=1S/2C24H22ClN5O.C16H11ClN2O2.C8H13N3.ClH/c2*1-14-7-23(26)30-15(2)21(14)13-29-24(31)17-5-6-27-20(11-17)9-16-3-4-22-18(8-16)10-19(25)12-28-22;17-13-7-12-5-10(1-2-15(12)19-9-13)6-14-8-11(16(20)21)3-4-18-14;1-5-3-8(10)11-6(2)7(5)4-9;/h2*3-8,10-12H,9,13H2,1-2H3,(H2,26,30)(H,29,31);1-5,7-9H,6H2,(H,20,21);3H,4,9H2,1-2H3,(H2,10,11);1H. The fraction of sp³-hybridized carbons (Fsp3) is 0.167. The molecular formula is C72H69Cl4N15O4. The van der Waals surface area contributed by atoms with Crippen molar-refractivity contribution in [2.45, 2.75) is 80.4 Å². The van der Waals surface area contributed by atoms with Crippen molar-refractivity contribution in [3.63, 3.8) is 0 Å². The summed E-state index contributed by atoms with van der Waals surface area (Å²) in [6.45, 7) is 12.9. The summed E-state index contributed by atoms with van der Waals surface area (Å²) in [7, 11) is 0. The van der Waals surface area contributed by atoms with Crippen LogP contribution in [0.3, 0.4) is 0 Å². The van der Waals surface area contributed by atoms with Crippen LogP contribution in [-0.4, -0.2) is 67.7 Å². The second kappa shape index (κ2) is 32.5. The lowest BCUT2D eigenvalue weighted by atomic mass is 10.0. The largest absolute Gasteiger partial charge is 0.478 e. The molecule has 95 heavy (non-hydrogen) atoms. The van der Waals surface area contributed by atoms with E-state index in [1.54, 1.807) is 49.2 Å². The van der Waals surface area contributed by atoms with Crippen molar-refractivity contribution in [3.05, 3.63) is 281 Å². The van der Waals surface area contributed by atoms with Crippen molar-refractivity contribution in [2.75, 3.05) is 17.2 Å². The Morgan fingerprint density at radius 3 is 1.05 bits per heavy atom. The summed E-state index contributed by atoms with van der Waals surface area (Å²) in [5, 5.41) is 19.6. The van der Waals surface area contributed by atoms with Gasteiger partial charge in [-0.1, -0.05) is 53.0 Å². The highest BCUT2D eigenvalue weighted by molar-refractivity contribution is 6.31. The Balaban J connectivity index is 0.000000170. The van der Waals surface area contributed by atoms with Gasteiger partial charge in [-0.05, 0) is 201 Å². The molecule has 0 unspecified atom stereocenters. The summed E-state index contributed by atoms with van der Waals surface area (Å²) in [6, 6.07) is 39.1. The molecule has 0 saturated heterocycles. The van der Waals surface area contributed by atoms with Crippen molar-refractivity contribution >= 4 is 115 Å². The average Bonchev–Trinajstić information content (AvgIpc) is 1.01. The number of nitrogens with zero attached hydrogens (tertiary/aromatic N) is 9. The van der Waals surface area contributed by atoms with Gasteiger partial charge >= 0.3 is 5.97 Å². The molecule has 0 radical (unpaired) electrons. The van der Waals surface area contributed by atoms with E-state index in [4.69, 9.17) is 62.8 Å². The van der Waals surface area contributed by atoms with Gasteiger partial charge in [-0.15, -0.1) is 12.4 Å². The average molecular weight is 1350 g/mol. The van der Waals surface area contributed by atoms with E-state index in [9.17, 15) is 14.4 Å². The predicted molar refractivity (Wildman–Crippen MR) is 380 cm³/mol. The van der Waals surface area contributed by atoms with Gasteiger partial charge in [0, 0.05) is 138 Å². The molecule has 0 atom stereocenters. The molecule has 9 aromatic heterocycles. The van der Waals surface area contributed by atoms with Crippen molar-refractivity contribution in [3.8, 4) is 0 Å². The van der Waals surface area contributed by atoms with Gasteiger partial charge in [-0.25, -0.2) is 19.7 Å². The Morgan fingerprint density at radius 1 is 0.421 bits per heavy atom. The monoisotopic (exact) mass is 1350 g/mol. The molecule has 12 rings (SSSR count). The summed E-state index contributed by atoms with van der Waals surface area (Å²) in [6.07, 6.45) is 11.5. The molecule has 12 aromatic rings. The highest BCUT2D eigenvalue weighted by Gasteiger charge is 2.15. The number of pyridine rings is 9. The van der Waals surface area contributed by atoms with Crippen LogP contribution in [0.1, 0.15) is 115 Å². The number of aryl methyl sites for hydroxylation is 6. The number of halogens is 4. The smallest absolute Gasteiger partial charge is 0.335 e. The molecule has 19 nitrogen and oxygen atoms in total. The predicted octanol–water partition coefficient (Wildman–Crippen LogP) is 13.5. The van der Waals surface area contributed by atoms with Gasteiger partial charge in [0.25, 0.3) is 11.8 Å². The number of aromatic nitrogens is 9. The first-order valence-corrected chi connectivity index (χ1v) is 30.8. The lowest BCUT2D eigenvalue weighted by Gasteiger charge is -2.12. The first-order valence-electron chi connectivity index (χ1n) is 29.7. The topological polar surface area (TPSA) is 316 Å². The number of anilines is 3. The number of amides is 2. The maximum atomic E-state index is 12.7. The quantitative estimate of drug-likeness (QED) is 0.0532. The Hall–Kier alpha value is -10.3. The molecule has 484 valence electrons. The fourth-order valence-corrected chi connectivity index (χ4v) is 11.1. The zero-order valence-corrected chi connectivity index (χ0v) is 56.0. The van der Waals surface area contributed by atoms with Gasteiger partial charge in [0.2, 0.25) is 0 Å². The molecule has 23 heteroatoms. The first-order chi connectivity index (χ1) is 45.0. The number of carbonyl (C=O) groups excluding carboxylic acids is 2. The van der Waals surface area contributed by atoms with Crippen molar-refractivity contribution in [1.29, 1.82) is 0 Å². The van der Waals surface area contributed by atoms with E-state index in [1.807, 2.05) is 145 Å². The number of carboxylic acids is 1. The van der Waals surface area contributed by atoms with Crippen LogP contribution in [0.15, 0.2) is 165 Å². The maximum Gasteiger partial charge on any atom is 0.335 e. The Labute approximate surface area is 570 Å². The van der Waals surface area contributed by atoms with Crippen LogP contribution in [0.2, 0.25) is 15.1 Å². The molecule has 11 N–H and O–H groups in total. The summed E-state index contributed by atoms with van der Waals surface area (Å²) in [5.74, 6) is 0.263. The Morgan fingerprint density at radius 2 is 0.737 bits per heavy atom. The number of carbonyl (C=O) groups is 3. The molecule has 0 aliphatic heterocycles. The summed E-state index contributed by atoms with van der Waals surface area (Å²) in [4.78, 5) is 75.0. The van der Waals surface area contributed by atoms with Gasteiger partial charge in [0.1, 0.15) is 17.5 Å². The van der Waals surface area contributed by atoms with Crippen LogP contribution in [0.4, 0.5) is 17.5 Å². The van der Waals surface area contributed by atoms with Gasteiger partial charge in [-0.2, -0.15) is 0 Å². The normalized spacial score (nSPS) is 10.7. The maximum absolute atomic E-state index is 12.7. The van der Waals surface area contributed by atoms with Crippen LogP contribution in [0.5, 0.6) is 0 Å². The van der Waals surface area contributed by atoms with E-state index >= 15 is 0 Å². The molecule has 0 saturated carbocycles. The minimum atomic E-state index is -0.951. The van der Waals surface area contributed by atoms with Crippen LogP contribution >= 0.6 is 47.2 Å². The van der Waals surface area contributed by atoms with E-state index in [0.29, 0.717) is 88.2 Å². The summed E-state index contributed by atoms with van der Waals surface area (Å²) in [5.41, 5.74) is 40.9. The van der Waals surface area contributed by atoms with E-state index in [0.717, 1.165) is 111 Å². The molecule has 0 bridgehead atoms. The number of nitrogens with one attached hydrogen (secondary N) is 2. The van der Waals surface area contributed by atoms with Crippen LogP contribution in [0, 0.1) is 41.5 Å². The third-order valence-electron chi connectivity index (χ3n) is 15.3. The number of aromatic carboxylic acids is 1. The molecule has 0 spiro atoms. The van der Waals surface area contributed by atoms with Gasteiger partial charge in [0.15, 0.2) is 0 Å². The SMILES string of the molecule is Cc1cc(N)nc(C)c1CN.Cc1cc(N)nc(C)c1CNC(=O)c1ccnc(Cc2ccc3ncc(Cl)cc3c2)c1.Cc1cc(N)nc(C)c1CNC(=O)c1ccnc(Cc2ccc3ncc(Cl)cc3c2)c1.Cl.O=C(O)c1ccnc(Cc2ccc3ncc(Cl)cc3c2)c1. The molecule has 2 amide bonds. The Bertz CT molecular complexity index is 4540. The lowest BCUT2D eigenvalue weighted by Crippen LogP contribution is -2.24. The number of nitrogens with two attached hydrogens (primary N) is 4. The molecule has 0 aliphatic rings. The van der Waals surface area contributed by atoms with Crippen molar-refractivity contribution in [2.24, 2.45) is 5.73 Å². The number of hydrogen-bond acceptors (Lipinski definition) is 16. The van der Waals surface area contributed by atoms with Crippen molar-refractivity contribution in [1.82, 2.24) is 55.5 Å². The lowest BCUT2D eigenvalue weighted by molar-refractivity contribution is 0.0696. The molecule has 0 aliphatic carbocycles. The number of nitrogen functional groups attached to an aromatic ring is 3. The Kier molecular flexibility index (Phi) is 24.2. The number of rotatable bonds is 14. The third-order valence-corrected chi connectivity index (χ3v) is 15.9. The second-order valence-corrected chi connectivity index (χ2v) is 23.6. The van der Waals surface area contributed by atoms with Gasteiger partial charge < -0.3 is 38.7 Å². The minimum absolute atomic E-state index is 0. The number of hydrogen-bond donors (Lipinski definition) is 7. The second-order valence-electron chi connectivity index (χ2n) is 22.3. The number of benzene rings is 3. The highest BCUT2D eigenvalue weighted by Crippen LogP contribution is 2.25. The zero-order valence-electron chi connectivity index (χ0n) is 52.9.